The summed E-state index contributed by atoms with van der Waals surface area (Å²) >= 11 is 1.79. The van der Waals surface area contributed by atoms with Gasteiger partial charge in [-0.3, -0.25) is 4.79 Å². The van der Waals surface area contributed by atoms with Crippen LogP contribution in [0.3, 0.4) is 0 Å². The van der Waals surface area contributed by atoms with E-state index in [1.165, 1.54) is 23.3 Å². The molecule has 6 heteroatoms. The molecule has 3 aromatic rings. The predicted molar refractivity (Wildman–Crippen MR) is 119 cm³/mol. The highest BCUT2D eigenvalue weighted by molar-refractivity contribution is 7.19. The van der Waals surface area contributed by atoms with E-state index < -0.39 is 0 Å². The molecule has 1 aliphatic heterocycles. The van der Waals surface area contributed by atoms with Gasteiger partial charge in [0.1, 0.15) is 16.7 Å². The standard InChI is InChI=1S/C23H24N4OS/c24-21(28)17-10-6-14-27(17)22-20-16-9-4-5-11-18(16)29-23(20)26-19(25-22)13-12-15-7-2-1-3-8-15/h1-3,7-8,12-13,17H,4-6,9-11,14H2,(H2,24,28)/b13-12+. The third-order valence-electron chi connectivity index (χ3n) is 5.89. The van der Waals surface area contributed by atoms with E-state index >= 15 is 0 Å². The minimum atomic E-state index is -0.279. The van der Waals surface area contributed by atoms with Crippen LogP contribution in [0.15, 0.2) is 30.3 Å². The molecule has 5 rings (SSSR count). The van der Waals surface area contributed by atoms with Crippen LogP contribution < -0.4 is 10.6 Å². The Balaban J connectivity index is 1.65. The summed E-state index contributed by atoms with van der Waals surface area (Å²) in [6.07, 6.45) is 10.4. The molecule has 3 heterocycles. The van der Waals surface area contributed by atoms with Crippen molar-refractivity contribution >= 4 is 45.4 Å². The first-order valence-corrected chi connectivity index (χ1v) is 11.1. The quantitative estimate of drug-likeness (QED) is 0.708. The maximum atomic E-state index is 12.1. The number of aromatic nitrogens is 2. The lowest BCUT2D eigenvalue weighted by Crippen LogP contribution is -2.41. The van der Waals surface area contributed by atoms with E-state index in [1.54, 1.807) is 11.3 Å². The van der Waals surface area contributed by atoms with Gasteiger partial charge in [0, 0.05) is 11.4 Å². The molecule has 0 spiro atoms. The van der Waals surface area contributed by atoms with E-state index in [0.29, 0.717) is 5.82 Å². The fourth-order valence-corrected chi connectivity index (χ4v) is 5.75. The number of rotatable bonds is 4. The molecular weight excluding hydrogens is 380 g/mol. The second-order valence-corrected chi connectivity index (χ2v) is 8.88. The Morgan fingerprint density at radius 3 is 2.76 bits per heavy atom. The molecule has 5 nitrogen and oxygen atoms in total. The van der Waals surface area contributed by atoms with Crippen molar-refractivity contribution in [1.29, 1.82) is 0 Å². The normalized spacial score (nSPS) is 19.2. The van der Waals surface area contributed by atoms with E-state index in [4.69, 9.17) is 15.7 Å². The smallest absolute Gasteiger partial charge is 0.240 e. The number of carbonyl (C=O) groups is 1. The average Bonchev–Trinajstić information content (AvgIpc) is 3.37. The molecule has 1 aromatic carbocycles. The molecule has 2 aromatic heterocycles. The SMILES string of the molecule is NC(=O)C1CCCN1c1nc(/C=C/c2ccccc2)nc2sc3c(c12)CCCC3. The van der Waals surface area contributed by atoms with Crippen molar-refractivity contribution in [2.24, 2.45) is 5.73 Å². The predicted octanol–water partition coefficient (Wildman–Crippen LogP) is 4.19. The summed E-state index contributed by atoms with van der Waals surface area (Å²) in [6.45, 7) is 0.812. The van der Waals surface area contributed by atoms with E-state index in [2.05, 4.69) is 17.0 Å². The van der Waals surface area contributed by atoms with Gasteiger partial charge < -0.3 is 10.6 Å². The Morgan fingerprint density at radius 2 is 1.93 bits per heavy atom. The third kappa shape index (κ3) is 3.42. The van der Waals surface area contributed by atoms with Gasteiger partial charge in [-0.1, -0.05) is 36.4 Å². The van der Waals surface area contributed by atoms with Gasteiger partial charge in [-0.2, -0.15) is 0 Å². The van der Waals surface area contributed by atoms with Gasteiger partial charge in [0.2, 0.25) is 5.91 Å². The van der Waals surface area contributed by atoms with Crippen LogP contribution in [-0.4, -0.2) is 28.5 Å². The van der Waals surface area contributed by atoms with E-state index in [0.717, 1.165) is 53.8 Å². The molecule has 1 atom stereocenters. The van der Waals surface area contributed by atoms with E-state index in [9.17, 15) is 4.79 Å². The van der Waals surface area contributed by atoms with Crippen molar-refractivity contribution in [1.82, 2.24) is 9.97 Å². The Kier molecular flexibility index (Phi) is 4.79. The van der Waals surface area contributed by atoms with Crippen LogP contribution in [0.25, 0.3) is 22.4 Å². The molecule has 2 aliphatic rings. The van der Waals surface area contributed by atoms with Crippen LogP contribution in [0, 0.1) is 0 Å². The zero-order valence-electron chi connectivity index (χ0n) is 16.3. The van der Waals surface area contributed by atoms with Crippen molar-refractivity contribution in [3.63, 3.8) is 0 Å². The van der Waals surface area contributed by atoms with Gasteiger partial charge in [0.25, 0.3) is 0 Å². The Bertz CT molecular complexity index is 1090. The van der Waals surface area contributed by atoms with Gasteiger partial charge >= 0.3 is 0 Å². The second kappa shape index (κ2) is 7.59. The highest BCUT2D eigenvalue weighted by Gasteiger charge is 2.33. The number of primary amides is 1. The summed E-state index contributed by atoms with van der Waals surface area (Å²) < 4.78 is 0. The maximum Gasteiger partial charge on any atom is 0.240 e. The molecule has 1 amide bonds. The lowest BCUT2D eigenvalue weighted by atomic mass is 9.97. The average molecular weight is 405 g/mol. The number of benzene rings is 1. The van der Waals surface area contributed by atoms with Gasteiger partial charge in [0.05, 0.1) is 5.39 Å². The van der Waals surface area contributed by atoms with Crippen LogP contribution in [0.2, 0.25) is 0 Å². The largest absolute Gasteiger partial charge is 0.368 e. The summed E-state index contributed by atoms with van der Waals surface area (Å²) in [7, 11) is 0. The highest BCUT2D eigenvalue weighted by atomic mass is 32.1. The number of carbonyl (C=O) groups excluding carboxylic acids is 1. The second-order valence-electron chi connectivity index (χ2n) is 7.79. The van der Waals surface area contributed by atoms with Crippen molar-refractivity contribution in [2.45, 2.75) is 44.6 Å². The summed E-state index contributed by atoms with van der Waals surface area (Å²) in [5.74, 6) is 1.31. The number of aryl methyl sites for hydroxylation is 2. The minimum Gasteiger partial charge on any atom is -0.368 e. The summed E-state index contributed by atoms with van der Waals surface area (Å²) in [4.78, 5) is 26.5. The monoisotopic (exact) mass is 404 g/mol. The number of fused-ring (bicyclic) bond motifs is 3. The molecule has 29 heavy (non-hydrogen) atoms. The number of nitrogens with zero attached hydrogens (tertiary/aromatic N) is 3. The first-order valence-electron chi connectivity index (χ1n) is 10.3. The number of nitrogens with two attached hydrogens (primary N) is 1. The van der Waals surface area contributed by atoms with Crippen LogP contribution in [0.4, 0.5) is 5.82 Å². The molecule has 1 fully saturated rings. The van der Waals surface area contributed by atoms with Crippen molar-refractivity contribution in [3.8, 4) is 0 Å². The van der Waals surface area contributed by atoms with Crippen LogP contribution >= 0.6 is 11.3 Å². The Morgan fingerprint density at radius 1 is 1.10 bits per heavy atom. The van der Waals surface area contributed by atoms with Crippen LogP contribution in [0.1, 0.15) is 47.5 Å². The summed E-state index contributed by atoms with van der Waals surface area (Å²) in [5, 5.41) is 1.15. The third-order valence-corrected chi connectivity index (χ3v) is 7.08. The fourth-order valence-electron chi connectivity index (χ4n) is 4.49. The van der Waals surface area contributed by atoms with Crippen molar-refractivity contribution in [3.05, 3.63) is 52.2 Å². The molecule has 1 unspecified atom stereocenters. The van der Waals surface area contributed by atoms with E-state index in [1.807, 2.05) is 30.4 Å². The Hall–Kier alpha value is -2.73. The molecule has 148 valence electrons. The van der Waals surface area contributed by atoms with Crippen LogP contribution in [-0.2, 0) is 17.6 Å². The van der Waals surface area contributed by atoms with Gasteiger partial charge in [-0.05, 0) is 55.7 Å². The highest BCUT2D eigenvalue weighted by Crippen LogP contribution is 2.41. The number of hydrogen-bond acceptors (Lipinski definition) is 5. The maximum absolute atomic E-state index is 12.1. The van der Waals surface area contributed by atoms with Crippen LogP contribution in [0.5, 0.6) is 0 Å². The number of amides is 1. The lowest BCUT2D eigenvalue weighted by molar-refractivity contribution is -0.119. The molecule has 0 saturated carbocycles. The minimum absolute atomic E-state index is 0.264. The molecular formula is C23H24N4OS. The van der Waals surface area contributed by atoms with Gasteiger partial charge in [-0.25, -0.2) is 9.97 Å². The number of thiophene rings is 1. The molecule has 1 saturated heterocycles. The molecule has 0 radical (unpaired) electrons. The van der Waals surface area contributed by atoms with Gasteiger partial charge in [0.15, 0.2) is 5.82 Å². The zero-order valence-corrected chi connectivity index (χ0v) is 17.1. The molecule has 0 bridgehead atoms. The van der Waals surface area contributed by atoms with Crippen molar-refractivity contribution in [2.75, 3.05) is 11.4 Å². The lowest BCUT2D eigenvalue weighted by Gasteiger charge is -2.25. The number of anilines is 1. The number of hydrogen-bond donors (Lipinski definition) is 1. The first-order chi connectivity index (χ1) is 14.2. The zero-order chi connectivity index (χ0) is 19.8. The molecule has 1 aliphatic carbocycles. The van der Waals surface area contributed by atoms with Gasteiger partial charge in [-0.15, -0.1) is 11.3 Å². The summed E-state index contributed by atoms with van der Waals surface area (Å²) in [6, 6.07) is 9.88. The Labute approximate surface area is 174 Å². The summed E-state index contributed by atoms with van der Waals surface area (Å²) in [5.41, 5.74) is 8.22. The first kappa shape index (κ1) is 18.3. The topological polar surface area (TPSA) is 72.1 Å². The molecule has 2 N–H and O–H groups in total. The fraction of sp³-hybridized carbons (Fsp3) is 0.348. The van der Waals surface area contributed by atoms with Crippen molar-refractivity contribution < 1.29 is 4.79 Å². The van der Waals surface area contributed by atoms with E-state index in [-0.39, 0.29) is 11.9 Å².